The van der Waals surface area contributed by atoms with Crippen LogP contribution in [0.4, 0.5) is 0 Å². The van der Waals surface area contributed by atoms with E-state index in [-0.39, 0.29) is 0 Å². The Morgan fingerprint density at radius 3 is 1.97 bits per heavy atom. The number of hydrogen-bond acceptors (Lipinski definition) is 4. The summed E-state index contributed by atoms with van der Waals surface area (Å²) in [5.41, 5.74) is 5.68. The van der Waals surface area contributed by atoms with Gasteiger partial charge in [-0.2, -0.15) is 0 Å². The summed E-state index contributed by atoms with van der Waals surface area (Å²) in [6, 6.07) is 26.9. The molecule has 0 aliphatic carbocycles. The normalized spacial score (nSPS) is 10.0. The molecule has 1 aromatic heterocycles. The highest BCUT2D eigenvalue weighted by atomic mass is 16.5. The molecule has 0 aliphatic heterocycles. The van der Waals surface area contributed by atoms with E-state index in [1.165, 1.54) is 16.7 Å². The van der Waals surface area contributed by atoms with Crippen LogP contribution in [0.2, 0.25) is 0 Å². The van der Waals surface area contributed by atoms with Crippen LogP contribution in [-0.4, -0.2) is 11.6 Å². The van der Waals surface area contributed by atoms with E-state index >= 15 is 0 Å². The summed E-state index contributed by atoms with van der Waals surface area (Å²) >= 11 is 0. The van der Waals surface area contributed by atoms with Crippen molar-refractivity contribution in [2.24, 2.45) is 0 Å². The lowest BCUT2D eigenvalue weighted by Crippen LogP contribution is -2.12. The molecule has 0 amide bonds. The molecule has 4 aromatic rings. The van der Waals surface area contributed by atoms with Crippen molar-refractivity contribution >= 4 is 0 Å². The molecular weight excluding hydrogens is 432 g/mol. The first kappa shape index (κ1) is 27.9. The van der Waals surface area contributed by atoms with E-state index in [2.05, 4.69) is 65.8 Å². The highest BCUT2D eigenvalue weighted by molar-refractivity contribution is 5.54. The predicted octanol–water partition coefficient (Wildman–Crippen LogP) is 7.92. The number of nitrogens with zero attached hydrogens (tertiary/aromatic N) is 1. The molecule has 186 valence electrons. The first-order chi connectivity index (χ1) is 17.2. The Kier molecular flexibility index (Phi) is 12.4. The molecule has 0 unspecified atom stereocenters. The summed E-state index contributed by atoms with van der Waals surface area (Å²) in [5.74, 6) is 2.38. The fourth-order valence-electron chi connectivity index (χ4n) is 3.40. The van der Waals surface area contributed by atoms with Crippen molar-refractivity contribution < 1.29 is 9.15 Å². The van der Waals surface area contributed by atoms with Crippen molar-refractivity contribution in [1.29, 1.82) is 0 Å². The number of rotatable bonds is 9. The van der Waals surface area contributed by atoms with Gasteiger partial charge in [-0.25, -0.2) is 4.98 Å². The van der Waals surface area contributed by atoms with Crippen molar-refractivity contribution in [2.75, 3.05) is 6.61 Å². The molecule has 3 aromatic carbocycles. The quantitative estimate of drug-likeness (QED) is 0.269. The third kappa shape index (κ3) is 9.06. The SMILES string of the molecule is CC.CC.Cc1ccc(-c2nc(CCOc3ccc(CNCc4ccccc4)cc3)c(C)o2)cc1. The van der Waals surface area contributed by atoms with Gasteiger partial charge in [-0.3, -0.25) is 0 Å². The van der Waals surface area contributed by atoms with E-state index in [9.17, 15) is 0 Å². The Hall–Kier alpha value is -3.37. The Bertz CT molecular complexity index is 1090. The van der Waals surface area contributed by atoms with E-state index in [1.807, 2.05) is 65.0 Å². The van der Waals surface area contributed by atoms with Crippen molar-refractivity contribution in [2.45, 2.75) is 61.1 Å². The number of benzene rings is 3. The maximum absolute atomic E-state index is 5.92. The lowest BCUT2D eigenvalue weighted by atomic mass is 10.1. The predicted molar refractivity (Wildman–Crippen MR) is 147 cm³/mol. The topological polar surface area (TPSA) is 47.3 Å². The van der Waals surface area contributed by atoms with E-state index < -0.39 is 0 Å². The van der Waals surface area contributed by atoms with E-state index in [0.29, 0.717) is 18.9 Å². The maximum Gasteiger partial charge on any atom is 0.226 e. The fourth-order valence-corrected chi connectivity index (χ4v) is 3.40. The van der Waals surface area contributed by atoms with E-state index in [4.69, 9.17) is 9.15 Å². The van der Waals surface area contributed by atoms with Crippen LogP contribution >= 0.6 is 0 Å². The van der Waals surface area contributed by atoms with Crippen LogP contribution in [0.1, 0.15) is 55.8 Å². The summed E-state index contributed by atoms with van der Waals surface area (Å²) in [5, 5.41) is 3.47. The molecule has 0 saturated carbocycles. The molecule has 4 heteroatoms. The summed E-state index contributed by atoms with van der Waals surface area (Å²) in [4.78, 5) is 4.66. The molecule has 1 heterocycles. The standard InChI is InChI=1S/C27H28N2O2.2C2H6/c1-20-8-12-24(13-9-20)27-29-26(21(2)31-27)16-17-30-25-14-10-23(11-15-25)19-28-18-22-6-4-3-5-7-22;2*1-2/h3-15,28H,16-19H2,1-2H3;2*1-2H3. The molecular formula is C31H40N2O2. The van der Waals surface area contributed by atoms with Crippen molar-refractivity contribution in [1.82, 2.24) is 10.3 Å². The lowest BCUT2D eigenvalue weighted by Gasteiger charge is -2.08. The second kappa shape index (κ2) is 15.5. The Morgan fingerprint density at radius 2 is 1.34 bits per heavy atom. The molecule has 35 heavy (non-hydrogen) atoms. The molecule has 0 saturated heterocycles. The number of ether oxygens (including phenoxy) is 1. The Balaban J connectivity index is 0.00000103. The Labute approximate surface area is 211 Å². The van der Waals surface area contributed by atoms with Crippen LogP contribution in [-0.2, 0) is 19.5 Å². The summed E-state index contributed by atoms with van der Waals surface area (Å²) < 4.78 is 11.8. The average Bonchev–Trinajstić information content (AvgIpc) is 3.28. The van der Waals surface area contributed by atoms with Gasteiger partial charge < -0.3 is 14.5 Å². The number of nitrogens with one attached hydrogen (secondary N) is 1. The summed E-state index contributed by atoms with van der Waals surface area (Å²) in [6.45, 7) is 14.3. The van der Waals surface area contributed by atoms with Crippen LogP contribution in [0, 0.1) is 13.8 Å². The fraction of sp³-hybridized carbons (Fsp3) is 0.323. The highest BCUT2D eigenvalue weighted by Crippen LogP contribution is 2.22. The van der Waals surface area contributed by atoms with Gasteiger partial charge in [-0.05, 0) is 49.2 Å². The second-order valence-electron chi connectivity index (χ2n) is 7.72. The zero-order valence-electron chi connectivity index (χ0n) is 22.1. The largest absolute Gasteiger partial charge is 0.493 e. The van der Waals surface area contributed by atoms with Crippen molar-refractivity contribution in [3.8, 4) is 17.2 Å². The summed E-state index contributed by atoms with van der Waals surface area (Å²) in [6.07, 6.45) is 0.710. The minimum Gasteiger partial charge on any atom is -0.493 e. The van der Waals surface area contributed by atoms with Crippen LogP contribution in [0.25, 0.3) is 11.5 Å². The van der Waals surface area contributed by atoms with Gasteiger partial charge in [0.1, 0.15) is 11.5 Å². The summed E-state index contributed by atoms with van der Waals surface area (Å²) in [7, 11) is 0. The highest BCUT2D eigenvalue weighted by Gasteiger charge is 2.11. The number of aromatic nitrogens is 1. The second-order valence-corrected chi connectivity index (χ2v) is 7.72. The van der Waals surface area contributed by atoms with Gasteiger partial charge in [0.2, 0.25) is 5.89 Å². The van der Waals surface area contributed by atoms with Gasteiger partial charge in [-0.1, -0.05) is 87.9 Å². The molecule has 0 radical (unpaired) electrons. The Morgan fingerprint density at radius 1 is 0.743 bits per heavy atom. The van der Waals surface area contributed by atoms with Crippen LogP contribution in [0.15, 0.2) is 83.3 Å². The number of oxazole rings is 1. The van der Waals surface area contributed by atoms with Crippen molar-refractivity contribution in [3.05, 3.63) is 107 Å². The molecule has 0 atom stereocenters. The molecule has 4 nitrogen and oxygen atoms in total. The van der Waals surface area contributed by atoms with Gasteiger partial charge in [-0.15, -0.1) is 0 Å². The number of hydrogen-bond donors (Lipinski definition) is 1. The van der Waals surface area contributed by atoms with Gasteiger partial charge in [0, 0.05) is 25.1 Å². The van der Waals surface area contributed by atoms with Gasteiger partial charge >= 0.3 is 0 Å². The lowest BCUT2D eigenvalue weighted by molar-refractivity contribution is 0.320. The van der Waals surface area contributed by atoms with E-state index in [0.717, 1.165) is 35.9 Å². The van der Waals surface area contributed by atoms with Crippen LogP contribution in [0.5, 0.6) is 5.75 Å². The third-order valence-corrected chi connectivity index (χ3v) is 5.22. The van der Waals surface area contributed by atoms with Gasteiger partial charge in [0.15, 0.2) is 0 Å². The smallest absolute Gasteiger partial charge is 0.226 e. The zero-order valence-corrected chi connectivity index (χ0v) is 22.1. The molecule has 1 N–H and O–H groups in total. The number of aryl methyl sites for hydroxylation is 2. The van der Waals surface area contributed by atoms with Crippen LogP contribution < -0.4 is 10.1 Å². The molecule has 4 rings (SSSR count). The van der Waals surface area contributed by atoms with E-state index in [1.54, 1.807) is 0 Å². The molecule has 0 bridgehead atoms. The maximum atomic E-state index is 5.92. The zero-order chi connectivity index (χ0) is 25.5. The van der Waals surface area contributed by atoms with Gasteiger partial charge in [0.25, 0.3) is 0 Å². The molecule has 0 spiro atoms. The third-order valence-electron chi connectivity index (χ3n) is 5.22. The monoisotopic (exact) mass is 472 g/mol. The first-order valence-electron chi connectivity index (χ1n) is 12.7. The van der Waals surface area contributed by atoms with Crippen molar-refractivity contribution in [3.63, 3.8) is 0 Å². The first-order valence-corrected chi connectivity index (χ1v) is 12.7. The van der Waals surface area contributed by atoms with Crippen LogP contribution in [0.3, 0.4) is 0 Å². The minimum absolute atomic E-state index is 0.562. The molecule has 0 fully saturated rings. The van der Waals surface area contributed by atoms with Gasteiger partial charge in [0.05, 0.1) is 12.3 Å². The average molecular weight is 473 g/mol. The minimum atomic E-state index is 0.562. The molecule has 0 aliphatic rings.